The van der Waals surface area contributed by atoms with Crippen molar-refractivity contribution in [3.05, 3.63) is 52.6 Å². The van der Waals surface area contributed by atoms with Gasteiger partial charge in [0, 0.05) is 25.3 Å². The largest absolute Gasteiger partial charge is 0.473 e. The highest BCUT2D eigenvalue weighted by Crippen LogP contribution is 2.35. The third kappa shape index (κ3) is 5.81. The molecule has 1 aromatic heterocycles. The number of esters is 1. The minimum atomic E-state index is -1.82. The van der Waals surface area contributed by atoms with Crippen molar-refractivity contribution >= 4 is 17.9 Å². The molecule has 4 rings (SSSR count). The molecule has 2 N–H and O–H groups in total. The Labute approximate surface area is 198 Å². The lowest BCUT2D eigenvalue weighted by Crippen LogP contribution is -2.35. The molecule has 34 heavy (non-hydrogen) atoms. The van der Waals surface area contributed by atoms with Crippen molar-refractivity contribution in [3.63, 3.8) is 0 Å². The van der Waals surface area contributed by atoms with Crippen molar-refractivity contribution < 1.29 is 34.1 Å². The molecule has 1 unspecified atom stereocenters. The van der Waals surface area contributed by atoms with Crippen LogP contribution in [0.5, 0.6) is 0 Å². The Bertz CT molecular complexity index is 1030. The van der Waals surface area contributed by atoms with E-state index in [1.165, 1.54) is 11.1 Å². The molecule has 2 aromatic rings. The number of imidazole rings is 1. The van der Waals surface area contributed by atoms with Crippen LogP contribution in [0.4, 0.5) is 0 Å². The number of piperidine rings is 1. The maximum absolute atomic E-state index is 12.4. The Kier molecular flexibility index (Phi) is 8.41. The number of aryl methyl sites for hydroxylation is 1. The predicted octanol–water partition coefficient (Wildman–Crippen LogP) is 2.28. The van der Waals surface area contributed by atoms with Crippen molar-refractivity contribution in [1.29, 1.82) is 0 Å². The van der Waals surface area contributed by atoms with Crippen LogP contribution in [0.25, 0.3) is 0 Å². The van der Waals surface area contributed by atoms with Gasteiger partial charge in [-0.1, -0.05) is 24.3 Å². The van der Waals surface area contributed by atoms with E-state index in [0.29, 0.717) is 12.3 Å². The summed E-state index contributed by atoms with van der Waals surface area (Å²) < 4.78 is 14.0. The number of likely N-dealkylation sites (tertiary alicyclic amines) is 1. The lowest BCUT2D eigenvalue weighted by atomic mass is 10.00. The minimum absolute atomic E-state index is 0.198. The molecule has 0 saturated carbocycles. The number of ether oxygens (including phenoxy) is 2. The van der Waals surface area contributed by atoms with Crippen molar-refractivity contribution in [2.45, 2.75) is 51.9 Å². The summed E-state index contributed by atoms with van der Waals surface area (Å²) in [4.78, 5) is 37.7. The molecule has 10 heteroatoms. The second-order valence-corrected chi connectivity index (χ2v) is 8.35. The van der Waals surface area contributed by atoms with Crippen molar-refractivity contribution in [2.75, 3.05) is 26.7 Å². The van der Waals surface area contributed by atoms with Crippen molar-refractivity contribution in [2.24, 2.45) is 0 Å². The predicted molar refractivity (Wildman–Crippen MR) is 122 cm³/mol. The van der Waals surface area contributed by atoms with Gasteiger partial charge in [0.25, 0.3) is 0 Å². The average Bonchev–Trinajstić information content (AvgIpc) is 3.05. The van der Waals surface area contributed by atoms with Crippen LogP contribution in [0, 0.1) is 6.92 Å². The first-order valence-electron chi connectivity index (χ1n) is 11.3. The van der Waals surface area contributed by atoms with Gasteiger partial charge in [-0.15, -0.1) is 0 Å². The van der Waals surface area contributed by atoms with E-state index in [-0.39, 0.29) is 18.2 Å². The second kappa shape index (κ2) is 11.3. The number of carboxylic acids is 2. The number of benzene rings is 1. The Morgan fingerprint density at radius 3 is 2.35 bits per heavy atom. The van der Waals surface area contributed by atoms with Crippen LogP contribution in [0.2, 0.25) is 0 Å². The Hall–Kier alpha value is -3.24. The van der Waals surface area contributed by atoms with E-state index in [1.54, 1.807) is 0 Å². The van der Waals surface area contributed by atoms with Crippen LogP contribution in [-0.4, -0.2) is 75.4 Å². The van der Waals surface area contributed by atoms with Crippen LogP contribution in [-0.2, 0) is 32.0 Å². The van der Waals surface area contributed by atoms with Gasteiger partial charge in [-0.25, -0.2) is 19.4 Å². The summed E-state index contributed by atoms with van der Waals surface area (Å²) in [5.74, 6) is -3.18. The van der Waals surface area contributed by atoms with Gasteiger partial charge in [0.1, 0.15) is 11.9 Å². The number of hydrogen-bond acceptors (Lipinski definition) is 7. The van der Waals surface area contributed by atoms with Gasteiger partial charge in [0.15, 0.2) is 5.69 Å². The molecule has 0 amide bonds. The van der Waals surface area contributed by atoms with E-state index in [0.717, 1.165) is 50.4 Å². The standard InChI is InChI=1S/C22H29N3O3.C2H2O4/c1-4-27-22(26)19-15(2)25-14-9-16-7-5-6-8-18(16)20(21(25)23-19)28-17-10-12-24(3)13-11-17;3-1(4)2(5)6/h5-8,17,20H,4,9-14H2,1-3H3;(H,3,4)(H,5,6). The molecule has 184 valence electrons. The highest BCUT2D eigenvalue weighted by molar-refractivity contribution is 6.27. The quantitative estimate of drug-likeness (QED) is 0.507. The highest BCUT2D eigenvalue weighted by Gasteiger charge is 2.33. The Morgan fingerprint density at radius 2 is 1.74 bits per heavy atom. The molecule has 10 nitrogen and oxygen atoms in total. The first-order chi connectivity index (χ1) is 16.2. The van der Waals surface area contributed by atoms with Gasteiger partial charge in [0.2, 0.25) is 0 Å². The number of carbonyl (C=O) groups excluding carboxylic acids is 1. The Morgan fingerprint density at radius 1 is 1.09 bits per heavy atom. The van der Waals surface area contributed by atoms with Crippen molar-refractivity contribution in [3.8, 4) is 0 Å². The lowest BCUT2D eigenvalue weighted by Gasteiger charge is -2.32. The second-order valence-electron chi connectivity index (χ2n) is 8.35. The van der Waals surface area contributed by atoms with E-state index in [2.05, 4.69) is 40.8 Å². The fraction of sp³-hybridized carbons (Fsp3) is 0.500. The Balaban J connectivity index is 0.000000481. The van der Waals surface area contributed by atoms with E-state index >= 15 is 0 Å². The fourth-order valence-electron chi connectivity index (χ4n) is 4.27. The molecule has 2 aliphatic heterocycles. The number of aromatic nitrogens is 2. The zero-order valence-electron chi connectivity index (χ0n) is 19.7. The smallest absolute Gasteiger partial charge is 0.414 e. The summed E-state index contributed by atoms with van der Waals surface area (Å²) in [5.41, 5.74) is 3.73. The maximum atomic E-state index is 12.4. The third-order valence-corrected chi connectivity index (χ3v) is 6.07. The number of nitrogens with zero attached hydrogens (tertiary/aromatic N) is 3. The molecule has 1 aromatic carbocycles. The van der Waals surface area contributed by atoms with Crippen LogP contribution in [0.3, 0.4) is 0 Å². The SMILES string of the molecule is CCOC(=O)c1nc2n(c1C)CCc1ccccc1C2OC1CCN(C)CC1.O=C(O)C(=O)O. The average molecular weight is 474 g/mol. The number of rotatable bonds is 4. The fourth-order valence-corrected chi connectivity index (χ4v) is 4.27. The maximum Gasteiger partial charge on any atom is 0.414 e. The summed E-state index contributed by atoms with van der Waals surface area (Å²) in [7, 11) is 2.15. The summed E-state index contributed by atoms with van der Waals surface area (Å²) in [6, 6.07) is 8.45. The van der Waals surface area contributed by atoms with Gasteiger partial charge < -0.3 is 29.2 Å². The molecular weight excluding hydrogens is 442 g/mol. The summed E-state index contributed by atoms with van der Waals surface area (Å²) in [5, 5.41) is 14.8. The lowest BCUT2D eigenvalue weighted by molar-refractivity contribution is -0.159. The zero-order chi connectivity index (χ0) is 24.8. The van der Waals surface area contributed by atoms with Crippen LogP contribution in [0.15, 0.2) is 24.3 Å². The molecular formula is C24H31N3O7. The first kappa shape index (κ1) is 25.4. The number of aliphatic carboxylic acids is 2. The molecule has 2 aliphatic rings. The van der Waals surface area contributed by atoms with Crippen LogP contribution < -0.4 is 0 Å². The number of hydrogen-bond donors (Lipinski definition) is 2. The molecule has 3 heterocycles. The summed E-state index contributed by atoms with van der Waals surface area (Å²) in [6.45, 7) is 6.99. The molecule has 0 radical (unpaired) electrons. The number of carboxylic acid groups (broad SMARTS) is 2. The first-order valence-corrected chi connectivity index (χ1v) is 11.3. The van der Waals surface area contributed by atoms with Crippen LogP contribution in [0.1, 0.15) is 59.0 Å². The number of fused-ring (bicyclic) bond motifs is 2. The van der Waals surface area contributed by atoms with Crippen molar-refractivity contribution in [1.82, 2.24) is 14.5 Å². The molecule has 0 spiro atoms. The van der Waals surface area contributed by atoms with E-state index in [4.69, 9.17) is 34.3 Å². The summed E-state index contributed by atoms with van der Waals surface area (Å²) in [6.07, 6.45) is 2.87. The van der Waals surface area contributed by atoms with Crippen LogP contribution >= 0.6 is 0 Å². The minimum Gasteiger partial charge on any atom is -0.473 e. The zero-order valence-corrected chi connectivity index (χ0v) is 19.7. The van der Waals surface area contributed by atoms with Gasteiger partial charge in [-0.05, 0) is 51.3 Å². The molecule has 1 atom stereocenters. The number of carbonyl (C=O) groups is 3. The van der Waals surface area contributed by atoms with E-state index in [1.807, 2.05) is 13.8 Å². The molecule has 0 aliphatic carbocycles. The van der Waals surface area contributed by atoms with E-state index < -0.39 is 11.9 Å². The van der Waals surface area contributed by atoms with Gasteiger partial charge in [-0.3, -0.25) is 0 Å². The van der Waals surface area contributed by atoms with Gasteiger partial charge >= 0.3 is 17.9 Å². The third-order valence-electron chi connectivity index (χ3n) is 6.07. The summed E-state index contributed by atoms with van der Waals surface area (Å²) >= 11 is 0. The topological polar surface area (TPSA) is 131 Å². The van der Waals surface area contributed by atoms with E-state index in [9.17, 15) is 4.79 Å². The highest BCUT2D eigenvalue weighted by atomic mass is 16.5. The molecule has 0 bridgehead atoms. The molecule has 1 fully saturated rings. The van der Waals surface area contributed by atoms with Gasteiger partial charge in [0.05, 0.1) is 12.7 Å². The van der Waals surface area contributed by atoms with Gasteiger partial charge in [-0.2, -0.15) is 0 Å². The molecule has 1 saturated heterocycles. The normalized spacial score (nSPS) is 18.0. The monoisotopic (exact) mass is 473 g/mol.